The van der Waals surface area contributed by atoms with Gasteiger partial charge in [-0.25, -0.2) is 4.98 Å². The van der Waals surface area contributed by atoms with Crippen LogP contribution in [0, 0.1) is 6.92 Å². The molecule has 2 heterocycles. The van der Waals surface area contributed by atoms with Crippen LogP contribution in [0.2, 0.25) is 0 Å². The Bertz CT molecular complexity index is 1080. The van der Waals surface area contributed by atoms with Gasteiger partial charge >= 0.3 is 0 Å². The lowest BCUT2D eigenvalue weighted by atomic mass is 10.1. The summed E-state index contributed by atoms with van der Waals surface area (Å²) in [4.78, 5) is 29.2. The summed E-state index contributed by atoms with van der Waals surface area (Å²) in [7, 11) is 0. The van der Waals surface area contributed by atoms with Crippen LogP contribution >= 0.6 is 0 Å². The summed E-state index contributed by atoms with van der Waals surface area (Å²) in [5, 5.41) is 7.19. The predicted molar refractivity (Wildman–Crippen MR) is 114 cm³/mol. The van der Waals surface area contributed by atoms with Crippen molar-refractivity contribution in [3.8, 4) is 5.75 Å². The van der Waals surface area contributed by atoms with Crippen molar-refractivity contribution in [1.29, 1.82) is 0 Å². The minimum absolute atomic E-state index is 0.269. The standard InChI is InChI=1S/C20H27N7O3/c1-4-7-26-17-14(10-13(18(22)28)11-16(17)30-8-6-21)23-20(26)24-19(29)15-9-12(3)25-27(15)5-2/h9-11H,4-8,21H2,1-3H3,(H2,22,28)(H,23,24,29). The number of carbonyl (C=O) groups is 2. The van der Waals surface area contributed by atoms with Gasteiger partial charge in [0, 0.05) is 25.2 Å². The van der Waals surface area contributed by atoms with Crippen molar-refractivity contribution < 1.29 is 14.3 Å². The fourth-order valence-electron chi connectivity index (χ4n) is 3.32. The molecule has 2 aromatic heterocycles. The Labute approximate surface area is 174 Å². The number of nitrogens with two attached hydrogens (primary N) is 2. The van der Waals surface area contributed by atoms with Crippen LogP contribution in [-0.4, -0.2) is 44.3 Å². The fraction of sp³-hybridized carbons (Fsp3) is 0.400. The molecule has 1 aromatic carbocycles. The van der Waals surface area contributed by atoms with Crippen LogP contribution in [0.25, 0.3) is 11.0 Å². The fourth-order valence-corrected chi connectivity index (χ4v) is 3.32. The normalized spacial score (nSPS) is 11.1. The smallest absolute Gasteiger partial charge is 0.276 e. The number of primary amides is 1. The van der Waals surface area contributed by atoms with Gasteiger partial charge in [0.05, 0.1) is 11.2 Å². The zero-order valence-electron chi connectivity index (χ0n) is 17.4. The van der Waals surface area contributed by atoms with Crippen LogP contribution in [0.1, 0.15) is 46.8 Å². The zero-order valence-corrected chi connectivity index (χ0v) is 17.4. The third-order valence-electron chi connectivity index (χ3n) is 4.57. The van der Waals surface area contributed by atoms with Gasteiger partial charge in [0.25, 0.3) is 5.91 Å². The number of imidazole rings is 1. The van der Waals surface area contributed by atoms with Crippen molar-refractivity contribution in [2.75, 3.05) is 18.5 Å². The number of anilines is 1. The van der Waals surface area contributed by atoms with Crippen LogP contribution in [0.15, 0.2) is 18.2 Å². The van der Waals surface area contributed by atoms with Crippen LogP contribution in [0.5, 0.6) is 5.75 Å². The summed E-state index contributed by atoms with van der Waals surface area (Å²) in [5.74, 6) is -0.0997. The van der Waals surface area contributed by atoms with Gasteiger partial charge in [-0.15, -0.1) is 0 Å². The van der Waals surface area contributed by atoms with Gasteiger partial charge < -0.3 is 20.8 Å². The molecule has 0 aliphatic heterocycles. The third kappa shape index (κ3) is 4.13. The summed E-state index contributed by atoms with van der Waals surface area (Å²) in [5.41, 5.74) is 13.7. The molecule has 0 radical (unpaired) electrons. The summed E-state index contributed by atoms with van der Waals surface area (Å²) < 4.78 is 9.27. The molecule has 0 aliphatic carbocycles. The molecule has 30 heavy (non-hydrogen) atoms. The molecule has 0 spiro atoms. The first kappa shape index (κ1) is 21.3. The molecule has 160 valence electrons. The number of amides is 2. The van der Waals surface area contributed by atoms with E-state index in [1.807, 2.05) is 25.3 Å². The maximum Gasteiger partial charge on any atom is 0.276 e. The quantitative estimate of drug-likeness (QED) is 0.487. The number of fused-ring (bicyclic) bond motifs is 1. The number of aromatic nitrogens is 4. The monoisotopic (exact) mass is 413 g/mol. The number of carbonyl (C=O) groups excluding carboxylic acids is 2. The molecular weight excluding hydrogens is 386 g/mol. The highest BCUT2D eigenvalue weighted by atomic mass is 16.5. The number of benzene rings is 1. The van der Waals surface area contributed by atoms with Crippen LogP contribution in [0.3, 0.4) is 0 Å². The van der Waals surface area contributed by atoms with E-state index in [1.54, 1.807) is 22.9 Å². The summed E-state index contributed by atoms with van der Waals surface area (Å²) in [6.07, 6.45) is 0.800. The minimum atomic E-state index is -0.590. The molecule has 10 heteroatoms. The van der Waals surface area contributed by atoms with Crippen molar-refractivity contribution >= 4 is 28.8 Å². The predicted octanol–water partition coefficient (Wildman–Crippen LogP) is 1.66. The minimum Gasteiger partial charge on any atom is -0.490 e. The van der Waals surface area contributed by atoms with Crippen molar-refractivity contribution in [3.05, 3.63) is 35.2 Å². The van der Waals surface area contributed by atoms with Gasteiger partial charge in [0.1, 0.15) is 23.6 Å². The lowest BCUT2D eigenvalue weighted by molar-refractivity contribution is 0.0995. The van der Waals surface area contributed by atoms with E-state index in [-0.39, 0.29) is 18.1 Å². The summed E-state index contributed by atoms with van der Waals surface area (Å²) in [6, 6.07) is 4.90. The Morgan fingerprint density at radius 2 is 2.00 bits per heavy atom. The van der Waals surface area contributed by atoms with E-state index in [2.05, 4.69) is 15.4 Å². The Hall–Kier alpha value is -3.40. The van der Waals surface area contributed by atoms with E-state index in [0.29, 0.717) is 48.1 Å². The molecule has 2 amide bonds. The van der Waals surface area contributed by atoms with Gasteiger partial charge in [0.15, 0.2) is 0 Å². The molecule has 0 saturated heterocycles. The number of hydrogen-bond donors (Lipinski definition) is 3. The SMILES string of the molecule is CCCn1c(NC(=O)c2cc(C)nn2CC)nc2cc(C(N)=O)cc(OCCN)c21. The molecule has 0 fully saturated rings. The second kappa shape index (κ2) is 8.95. The third-order valence-corrected chi connectivity index (χ3v) is 4.57. The average Bonchev–Trinajstić information content (AvgIpc) is 3.26. The van der Waals surface area contributed by atoms with Crippen LogP contribution in [-0.2, 0) is 13.1 Å². The van der Waals surface area contributed by atoms with Gasteiger partial charge in [-0.3, -0.25) is 19.6 Å². The topological polar surface area (TPSA) is 143 Å². The van der Waals surface area contributed by atoms with Gasteiger partial charge in [-0.1, -0.05) is 6.92 Å². The van der Waals surface area contributed by atoms with Gasteiger partial charge in [-0.2, -0.15) is 5.10 Å². The Morgan fingerprint density at radius 3 is 2.63 bits per heavy atom. The maximum absolute atomic E-state index is 12.9. The van der Waals surface area contributed by atoms with Crippen LogP contribution < -0.4 is 21.5 Å². The largest absolute Gasteiger partial charge is 0.490 e. The van der Waals surface area contributed by atoms with Crippen molar-refractivity contribution in [2.45, 2.75) is 40.3 Å². The number of hydrogen-bond acceptors (Lipinski definition) is 6. The molecule has 10 nitrogen and oxygen atoms in total. The average molecular weight is 413 g/mol. The van der Waals surface area contributed by atoms with Gasteiger partial charge in [-0.05, 0) is 38.5 Å². The second-order valence-corrected chi connectivity index (χ2v) is 6.87. The van der Waals surface area contributed by atoms with Crippen LogP contribution in [0.4, 0.5) is 5.95 Å². The zero-order chi connectivity index (χ0) is 21.8. The molecule has 5 N–H and O–H groups in total. The van der Waals surface area contributed by atoms with E-state index in [9.17, 15) is 9.59 Å². The first-order valence-electron chi connectivity index (χ1n) is 9.92. The molecule has 0 aliphatic rings. The summed E-state index contributed by atoms with van der Waals surface area (Å²) in [6.45, 7) is 7.52. The molecule has 0 unspecified atom stereocenters. The van der Waals surface area contributed by atoms with E-state index in [0.717, 1.165) is 12.1 Å². The van der Waals surface area contributed by atoms with E-state index in [1.165, 1.54) is 0 Å². The Balaban J connectivity index is 2.10. The molecule has 3 rings (SSSR count). The first-order chi connectivity index (χ1) is 14.4. The number of rotatable bonds is 9. The molecule has 0 atom stereocenters. The number of nitrogens with zero attached hydrogens (tertiary/aromatic N) is 4. The van der Waals surface area contributed by atoms with Gasteiger partial charge in [0.2, 0.25) is 11.9 Å². The molecular formula is C20H27N7O3. The highest BCUT2D eigenvalue weighted by Gasteiger charge is 2.21. The Morgan fingerprint density at radius 1 is 1.23 bits per heavy atom. The molecule has 0 bridgehead atoms. The maximum atomic E-state index is 12.9. The van der Waals surface area contributed by atoms with Crippen molar-refractivity contribution in [3.63, 3.8) is 0 Å². The summed E-state index contributed by atoms with van der Waals surface area (Å²) >= 11 is 0. The van der Waals surface area contributed by atoms with Crippen molar-refractivity contribution in [2.24, 2.45) is 11.5 Å². The van der Waals surface area contributed by atoms with E-state index >= 15 is 0 Å². The number of nitrogens with one attached hydrogen (secondary N) is 1. The lowest BCUT2D eigenvalue weighted by Gasteiger charge is -2.13. The highest BCUT2D eigenvalue weighted by molar-refractivity contribution is 6.04. The molecule has 0 saturated carbocycles. The molecule has 3 aromatic rings. The highest BCUT2D eigenvalue weighted by Crippen LogP contribution is 2.31. The van der Waals surface area contributed by atoms with Crippen molar-refractivity contribution in [1.82, 2.24) is 19.3 Å². The Kier molecular flexibility index (Phi) is 6.36. The lowest BCUT2D eigenvalue weighted by Crippen LogP contribution is -2.20. The second-order valence-electron chi connectivity index (χ2n) is 6.87. The van der Waals surface area contributed by atoms with E-state index in [4.69, 9.17) is 16.2 Å². The van der Waals surface area contributed by atoms with E-state index < -0.39 is 5.91 Å². The first-order valence-corrected chi connectivity index (χ1v) is 9.92. The number of ether oxygens (including phenoxy) is 1. The number of aryl methyl sites for hydroxylation is 3.